The SMILES string of the molecule is Cc1cc(-n2c(C)cc(C=O)c2C)no1. The van der Waals surface area contributed by atoms with Crippen LogP contribution in [0.25, 0.3) is 5.82 Å². The normalized spacial score (nSPS) is 10.6. The summed E-state index contributed by atoms with van der Waals surface area (Å²) in [6, 6.07) is 3.68. The van der Waals surface area contributed by atoms with E-state index >= 15 is 0 Å². The van der Waals surface area contributed by atoms with Crippen molar-refractivity contribution in [2.75, 3.05) is 0 Å². The number of aromatic nitrogens is 2. The molecule has 0 saturated carbocycles. The van der Waals surface area contributed by atoms with Crippen molar-refractivity contribution in [3.63, 3.8) is 0 Å². The van der Waals surface area contributed by atoms with Crippen molar-refractivity contribution >= 4 is 6.29 Å². The highest BCUT2D eigenvalue weighted by Gasteiger charge is 2.12. The summed E-state index contributed by atoms with van der Waals surface area (Å²) in [6.45, 7) is 5.66. The topological polar surface area (TPSA) is 48.0 Å². The lowest BCUT2D eigenvalue weighted by Crippen LogP contribution is -1.99. The van der Waals surface area contributed by atoms with Gasteiger partial charge in [-0.15, -0.1) is 0 Å². The number of aldehydes is 1. The van der Waals surface area contributed by atoms with E-state index in [9.17, 15) is 4.79 Å². The molecule has 2 rings (SSSR count). The van der Waals surface area contributed by atoms with Crippen molar-refractivity contribution in [1.82, 2.24) is 9.72 Å². The van der Waals surface area contributed by atoms with Crippen molar-refractivity contribution in [1.29, 1.82) is 0 Å². The lowest BCUT2D eigenvalue weighted by atomic mass is 10.3. The monoisotopic (exact) mass is 204 g/mol. The van der Waals surface area contributed by atoms with E-state index in [4.69, 9.17) is 4.52 Å². The molecule has 2 aromatic rings. The van der Waals surface area contributed by atoms with Gasteiger partial charge in [-0.25, -0.2) is 0 Å². The third-order valence-corrected chi connectivity index (χ3v) is 2.44. The zero-order valence-corrected chi connectivity index (χ0v) is 8.94. The minimum absolute atomic E-state index is 0.688. The van der Waals surface area contributed by atoms with Crippen molar-refractivity contribution < 1.29 is 9.32 Å². The Bertz CT molecular complexity index is 509. The average Bonchev–Trinajstić information content (AvgIpc) is 2.71. The summed E-state index contributed by atoms with van der Waals surface area (Å²) in [5.74, 6) is 1.47. The molecule has 4 heteroatoms. The second-order valence-corrected chi connectivity index (χ2v) is 3.58. The molecule has 2 heterocycles. The van der Waals surface area contributed by atoms with Crippen molar-refractivity contribution in [3.8, 4) is 5.82 Å². The Morgan fingerprint density at radius 1 is 1.33 bits per heavy atom. The van der Waals surface area contributed by atoms with Gasteiger partial charge in [0.1, 0.15) is 5.76 Å². The van der Waals surface area contributed by atoms with Crippen LogP contribution in [0.2, 0.25) is 0 Å². The van der Waals surface area contributed by atoms with Crippen LogP contribution in [0.4, 0.5) is 0 Å². The summed E-state index contributed by atoms with van der Waals surface area (Å²) in [5, 5.41) is 3.93. The number of aryl methyl sites for hydroxylation is 2. The highest BCUT2D eigenvalue weighted by atomic mass is 16.5. The maximum absolute atomic E-state index is 10.8. The van der Waals surface area contributed by atoms with Crippen LogP contribution in [0.1, 0.15) is 27.5 Å². The summed E-state index contributed by atoms with van der Waals surface area (Å²) in [7, 11) is 0. The smallest absolute Gasteiger partial charge is 0.180 e. The minimum Gasteiger partial charge on any atom is -0.360 e. The van der Waals surface area contributed by atoms with Gasteiger partial charge in [-0.3, -0.25) is 9.36 Å². The van der Waals surface area contributed by atoms with Crippen LogP contribution >= 0.6 is 0 Å². The maximum Gasteiger partial charge on any atom is 0.180 e. The highest BCUT2D eigenvalue weighted by molar-refractivity contribution is 5.77. The van der Waals surface area contributed by atoms with Gasteiger partial charge in [0.05, 0.1) is 0 Å². The molecule has 0 fully saturated rings. The summed E-state index contributed by atoms with van der Waals surface area (Å²) in [6.07, 6.45) is 0.853. The number of nitrogens with zero attached hydrogens (tertiary/aromatic N) is 2. The van der Waals surface area contributed by atoms with Gasteiger partial charge in [-0.2, -0.15) is 0 Å². The number of hydrogen-bond donors (Lipinski definition) is 0. The van der Waals surface area contributed by atoms with E-state index in [1.807, 2.05) is 37.5 Å². The Hall–Kier alpha value is -1.84. The first-order valence-corrected chi connectivity index (χ1v) is 4.71. The summed E-state index contributed by atoms with van der Waals surface area (Å²) in [4.78, 5) is 10.8. The molecule has 0 aliphatic heterocycles. The molecule has 0 N–H and O–H groups in total. The summed E-state index contributed by atoms with van der Waals surface area (Å²) < 4.78 is 6.92. The lowest BCUT2D eigenvalue weighted by Gasteiger charge is -2.03. The molecular weight excluding hydrogens is 192 g/mol. The van der Waals surface area contributed by atoms with Crippen LogP contribution in [-0.2, 0) is 0 Å². The van der Waals surface area contributed by atoms with Gasteiger partial charge in [-0.05, 0) is 26.8 Å². The fraction of sp³-hybridized carbons (Fsp3) is 0.273. The second kappa shape index (κ2) is 3.38. The lowest BCUT2D eigenvalue weighted by molar-refractivity contribution is 0.112. The Balaban J connectivity index is 2.62. The molecule has 0 aliphatic rings. The second-order valence-electron chi connectivity index (χ2n) is 3.58. The summed E-state index contributed by atoms with van der Waals surface area (Å²) >= 11 is 0. The molecule has 0 aromatic carbocycles. The predicted molar refractivity (Wildman–Crippen MR) is 55.4 cm³/mol. The van der Waals surface area contributed by atoms with Crippen molar-refractivity contribution in [2.45, 2.75) is 20.8 Å². The standard InChI is InChI=1S/C11H12N2O2/c1-7-4-10(6-14)9(3)13(7)11-5-8(2)15-12-11/h4-6H,1-3H3. The van der Waals surface area contributed by atoms with Gasteiger partial charge >= 0.3 is 0 Å². The van der Waals surface area contributed by atoms with Gasteiger partial charge in [0.2, 0.25) is 0 Å². The van der Waals surface area contributed by atoms with Crippen LogP contribution in [0, 0.1) is 20.8 Å². The first kappa shape index (κ1) is 9.71. The third kappa shape index (κ3) is 1.48. The van der Waals surface area contributed by atoms with Crippen LogP contribution in [0.5, 0.6) is 0 Å². The van der Waals surface area contributed by atoms with Gasteiger partial charge in [0.15, 0.2) is 12.1 Å². The first-order valence-electron chi connectivity index (χ1n) is 4.71. The molecule has 0 atom stereocenters. The molecule has 0 saturated heterocycles. The van der Waals surface area contributed by atoms with Gasteiger partial charge in [0.25, 0.3) is 0 Å². The van der Waals surface area contributed by atoms with Gasteiger partial charge in [-0.1, -0.05) is 5.16 Å². The molecule has 0 bridgehead atoms. The van der Waals surface area contributed by atoms with E-state index in [-0.39, 0.29) is 0 Å². The minimum atomic E-state index is 0.688. The van der Waals surface area contributed by atoms with E-state index in [1.54, 1.807) is 0 Å². The number of hydrogen-bond acceptors (Lipinski definition) is 3. The molecule has 4 nitrogen and oxygen atoms in total. The van der Waals surface area contributed by atoms with Crippen molar-refractivity contribution in [2.24, 2.45) is 0 Å². The van der Waals surface area contributed by atoms with Crippen LogP contribution in [-0.4, -0.2) is 16.0 Å². The maximum atomic E-state index is 10.8. The molecular formula is C11H12N2O2. The Morgan fingerprint density at radius 2 is 2.07 bits per heavy atom. The molecule has 0 radical (unpaired) electrons. The quantitative estimate of drug-likeness (QED) is 0.704. The molecule has 0 spiro atoms. The van der Waals surface area contributed by atoms with Crippen molar-refractivity contribution in [3.05, 3.63) is 34.8 Å². The zero-order valence-electron chi connectivity index (χ0n) is 8.94. The largest absolute Gasteiger partial charge is 0.360 e. The first-order chi connectivity index (χ1) is 7.13. The molecule has 15 heavy (non-hydrogen) atoms. The van der Waals surface area contributed by atoms with Gasteiger partial charge < -0.3 is 4.52 Å². The molecule has 0 unspecified atom stereocenters. The number of carbonyl (C=O) groups is 1. The van der Waals surface area contributed by atoms with Crippen LogP contribution in [0.15, 0.2) is 16.7 Å². The molecule has 78 valence electrons. The zero-order chi connectivity index (χ0) is 11.0. The van der Waals surface area contributed by atoms with E-state index in [0.717, 1.165) is 29.3 Å². The molecule has 0 aliphatic carbocycles. The predicted octanol–water partition coefficient (Wildman–Crippen LogP) is 2.20. The average molecular weight is 204 g/mol. The van der Waals surface area contributed by atoms with E-state index in [0.29, 0.717) is 5.56 Å². The Kier molecular flexibility index (Phi) is 2.19. The van der Waals surface area contributed by atoms with Crippen LogP contribution < -0.4 is 0 Å². The van der Waals surface area contributed by atoms with Crippen LogP contribution in [0.3, 0.4) is 0 Å². The third-order valence-electron chi connectivity index (χ3n) is 2.44. The number of rotatable bonds is 2. The van der Waals surface area contributed by atoms with Gasteiger partial charge in [0, 0.05) is 23.0 Å². The molecule has 2 aromatic heterocycles. The highest BCUT2D eigenvalue weighted by Crippen LogP contribution is 2.19. The summed E-state index contributed by atoms with van der Waals surface area (Å²) in [5.41, 5.74) is 2.55. The van der Waals surface area contributed by atoms with E-state index < -0.39 is 0 Å². The Morgan fingerprint density at radius 3 is 2.53 bits per heavy atom. The van der Waals surface area contributed by atoms with E-state index in [2.05, 4.69) is 5.16 Å². The molecule has 0 amide bonds. The fourth-order valence-corrected chi connectivity index (χ4v) is 1.72. The van der Waals surface area contributed by atoms with E-state index in [1.165, 1.54) is 0 Å². The number of carbonyl (C=O) groups excluding carboxylic acids is 1. The Labute approximate surface area is 87.5 Å². The fourth-order valence-electron chi connectivity index (χ4n) is 1.72.